The third kappa shape index (κ3) is 4.66. The van der Waals surface area contributed by atoms with Crippen molar-refractivity contribution >= 4 is 0 Å². The Balaban J connectivity index is 1.85. The van der Waals surface area contributed by atoms with Crippen molar-refractivity contribution in [3.63, 3.8) is 0 Å². The molecule has 1 aromatic heterocycles. The van der Waals surface area contributed by atoms with E-state index in [4.69, 9.17) is 5.11 Å². The summed E-state index contributed by atoms with van der Waals surface area (Å²) in [6.45, 7) is 4.77. The van der Waals surface area contributed by atoms with Crippen LogP contribution in [0.1, 0.15) is 37.7 Å². The smallest absolute Gasteiger partial charge is 0.0621 e. The Morgan fingerprint density at radius 1 is 1.53 bits per heavy atom. The number of rotatable bonds is 3. The topological polar surface area (TPSA) is 36.4 Å². The molecule has 1 aromatic rings. The van der Waals surface area contributed by atoms with Gasteiger partial charge < -0.3 is 5.11 Å². The highest BCUT2D eigenvalue weighted by atomic mass is 16.3. The molecule has 2 atom stereocenters. The van der Waals surface area contributed by atoms with Gasteiger partial charge in [-0.2, -0.15) is 0 Å². The lowest BCUT2D eigenvalue weighted by Crippen LogP contribution is -2.34. The van der Waals surface area contributed by atoms with Gasteiger partial charge in [-0.05, 0) is 43.9 Å². The second-order valence-corrected chi connectivity index (χ2v) is 5.27. The molecule has 1 aliphatic rings. The molecular weight excluding hydrogens is 236 g/mol. The zero-order valence-corrected chi connectivity index (χ0v) is 11.5. The average molecular weight is 258 g/mol. The largest absolute Gasteiger partial charge is 0.392 e. The van der Waals surface area contributed by atoms with Crippen molar-refractivity contribution in [2.24, 2.45) is 0 Å². The first-order valence-corrected chi connectivity index (χ1v) is 7.02. The molecule has 0 spiro atoms. The third-order valence-electron chi connectivity index (χ3n) is 3.49. The SMILES string of the molecule is C[C@H](O)CC#CCN1CCC[C@@H](c2cccnc2)C1. The van der Waals surface area contributed by atoms with E-state index in [0.717, 1.165) is 19.6 Å². The molecule has 1 saturated heterocycles. The van der Waals surface area contributed by atoms with Gasteiger partial charge in [-0.25, -0.2) is 0 Å². The standard InChI is InChI=1S/C16H22N2O/c1-14(19)6-2-3-10-18-11-5-8-16(13-18)15-7-4-9-17-12-15/h4,7,9,12,14,16,19H,5-6,8,10-11,13H2,1H3/t14-,16+/m0/s1. The van der Waals surface area contributed by atoms with E-state index in [0.29, 0.717) is 12.3 Å². The Hall–Kier alpha value is -1.37. The molecule has 1 aliphatic heterocycles. The van der Waals surface area contributed by atoms with Crippen LogP contribution in [0.4, 0.5) is 0 Å². The maximum absolute atomic E-state index is 9.16. The summed E-state index contributed by atoms with van der Waals surface area (Å²) in [6.07, 6.45) is 6.51. The summed E-state index contributed by atoms with van der Waals surface area (Å²) in [6, 6.07) is 4.18. The van der Waals surface area contributed by atoms with E-state index in [9.17, 15) is 0 Å². The molecular formula is C16H22N2O. The van der Waals surface area contributed by atoms with Crippen LogP contribution in [0, 0.1) is 11.8 Å². The number of hydrogen-bond acceptors (Lipinski definition) is 3. The van der Waals surface area contributed by atoms with Crippen LogP contribution in [0.2, 0.25) is 0 Å². The third-order valence-corrected chi connectivity index (χ3v) is 3.49. The van der Waals surface area contributed by atoms with Crippen LogP contribution in [0.5, 0.6) is 0 Å². The van der Waals surface area contributed by atoms with Gasteiger partial charge in [0.2, 0.25) is 0 Å². The minimum Gasteiger partial charge on any atom is -0.392 e. The fraction of sp³-hybridized carbons (Fsp3) is 0.562. The Labute approximate surface area is 115 Å². The lowest BCUT2D eigenvalue weighted by Gasteiger charge is -2.31. The maximum atomic E-state index is 9.16. The molecule has 0 bridgehead atoms. The first kappa shape index (κ1) is 14.0. The van der Waals surface area contributed by atoms with Gasteiger partial charge in [-0.15, -0.1) is 0 Å². The molecule has 2 heterocycles. The predicted molar refractivity (Wildman–Crippen MR) is 76.7 cm³/mol. The fourth-order valence-electron chi connectivity index (χ4n) is 2.48. The Bertz CT molecular complexity index is 433. The highest BCUT2D eigenvalue weighted by molar-refractivity contribution is 5.16. The quantitative estimate of drug-likeness (QED) is 0.843. The molecule has 0 amide bonds. The van der Waals surface area contributed by atoms with Crippen LogP contribution in [-0.2, 0) is 0 Å². The Morgan fingerprint density at radius 3 is 3.16 bits per heavy atom. The van der Waals surface area contributed by atoms with E-state index in [1.54, 1.807) is 6.92 Å². The van der Waals surface area contributed by atoms with Crippen LogP contribution in [-0.4, -0.2) is 40.7 Å². The molecule has 1 N–H and O–H groups in total. The highest BCUT2D eigenvalue weighted by Crippen LogP contribution is 2.25. The summed E-state index contributed by atoms with van der Waals surface area (Å²) < 4.78 is 0. The van der Waals surface area contributed by atoms with Crippen LogP contribution in [0.25, 0.3) is 0 Å². The number of piperidine rings is 1. The fourth-order valence-corrected chi connectivity index (χ4v) is 2.48. The molecule has 3 heteroatoms. The first-order chi connectivity index (χ1) is 9.25. The van der Waals surface area contributed by atoms with E-state index in [1.165, 1.54) is 18.4 Å². The Kier molecular flexibility index (Phi) is 5.38. The molecule has 0 aliphatic carbocycles. The predicted octanol–water partition coefficient (Wildman–Crippen LogP) is 2.04. The van der Waals surface area contributed by atoms with E-state index in [-0.39, 0.29) is 6.10 Å². The van der Waals surface area contributed by atoms with Crippen LogP contribution in [0.15, 0.2) is 24.5 Å². The van der Waals surface area contributed by atoms with Gasteiger partial charge in [0.15, 0.2) is 0 Å². The van der Waals surface area contributed by atoms with Crippen LogP contribution >= 0.6 is 0 Å². The van der Waals surface area contributed by atoms with Crippen molar-refractivity contribution in [3.05, 3.63) is 30.1 Å². The molecule has 3 nitrogen and oxygen atoms in total. The summed E-state index contributed by atoms with van der Waals surface area (Å²) in [5.41, 5.74) is 1.34. The van der Waals surface area contributed by atoms with Crippen molar-refractivity contribution in [2.75, 3.05) is 19.6 Å². The molecule has 102 valence electrons. The molecule has 19 heavy (non-hydrogen) atoms. The van der Waals surface area contributed by atoms with Gasteiger partial charge in [-0.3, -0.25) is 9.88 Å². The van der Waals surface area contributed by atoms with E-state index in [2.05, 4.69) is 27.8 Å². The number of hydrogen-bond donors (Lipinski definition) is 1. The number of aromatic nitrogens is 1. The lowest BCUT2D eigenvalue weighted by atomic mass is 9.92. The number of aliphatic hydroxyl groups is 1. The minimum absolute atomic E-state index is 0.322. The van der Waals surface area contributed by atoms with Gasteiger partial charge in [0.05, 0.1) is 12.6 Å². The molecule has 0 aromatic carbocycles. The zero-order chi connectivity index (χ0) is 13.5. The average Bonchev–Trinajstić information content (AvgIpc) is 2.45. The summed E-state index contributed by atoms with van der Waals surface area (Å²) in [7, 11) is 0. The molecule has 1 fully saturated rings. The minimum atomic E-state index is -0.322. The monoisotopic (exact) mass is 258 g/mol. The van der Waals surface area contributed by atoms with Crippen molar-refractivity contribution < 1.29 is 5.11 Å². The molecule has 0 radical (unpaired) electrons. The highest BCUT2D eigenvalue weighted by Gasteiger charge is 2.20. The molecule has 0 unspecified atom stereocenters. The number of likely N-dealkylation sites (tertiary alicyclic amines) is 1. The van der Waals surface area contributed by atoms with Crippen molar-refractivity contribution in [3.8, 4) is 11.8 Å². The van der Waals surface area contributed by atoms with Crippen LogP contribution in [0.3, 0.4) is 0 Å². The summed E-state index contributed by atoms with van der Waals surface area (Å²) in [4.78, 5) is 6.60. The molecule has 2 rings (SSSR count). The first-order valence-electron chi connectivity index (χ1n) is 7.02. The second kappa shape index (κ2) is 7.28. The Morgan fingerprint density at radius 2 is 2.42 bits per heavy atom. The van der Waals surface area contributed by atoms with Gasteiger partial charge >= 0.3 is 0 Å². The van der Waals surface area contributed by atoms with E-state index >= 15 is 0 Å². The maximum Gasteiger partial charge on any atom is 0.0621 e. The summed E-state index contributed by atoms with van der Waals surface area (Å²) >= 11 is 0. The van der Waals surface area contributed by atoms with E-state index in [1.807, 2.05) is 18.5 Å². The zero-order valence-electron chi connectivity index (χ0n) is 11.5. The number of pyridine rings is 1. The number of nitrogens with zero attached hydrogens (tertiary/aromatic N) is 2. The van der Waals surface area contributed by atoms with Gasteiger partial charge in [0, 0.05) is 25.4 Å². The lowest BCUT2D eigenvalue weighted by molar-refractivity contribution is 0.200. The van der Waals surface area contributed by atoms with E-state index < -0.39 is 0 Å². The number of aliphatic hydroxyl groups excluding tert-OH is 1. The van der Waals surface area contributed by atoms with Crippen molar-refractivity contribution in [1.82, 2.24) is 9.88 Å². The van der Waals surface area contributed by atoms with Crippen molar-refractivity contribution in [1.29, 1.82) is 0 Å². The van der Waals surface area contributed by atoms with Gasteiger partial charge in [0.25, 0.3) is 0 Å². The normalized spacial score (nSPS) is 21.5. The summed E-state index contributed by atoms with van der Waals surface area (Å²) in [5.74, 6) is 6.78. The van der Waals surface area contributed by atoms with Crippen molar-refractivity contribution in [2.45, 2.75) is 38.2 Å². The second-order valence-electron chi connectivity index (χ2n) is 5.27. The van der Waals surface area contributed by atoms with Gasteiger partial charge in [-0.1, -0.05) is 17.9 Å². The molecule has 0 saturated carbocycles. The van der Waals surface area contributed by atoms with Crippen LogP contribution < -0.4 is 0 Å². The summed E-state index contributed by atoms with van der Waals surface area (Å²) in [5, 5.41) is 9.16. The van der Waals surface area contributed by atoms with Gasteiger partial charge in [0.1, 0.15) is 0 Å².